The molecule has 7 nitrogen and oxygen atoms in total. The SMILES string of the molecule is CCCCCCCCCOC(CCC=CC(OCCCCC)OC(C=CCCC(OCCCCCCCCC)OCCCCCCCCC)OCCCCC)OCCCCCCCCC. The van der Waals surface area contributed by atoms with E-state index in [9.17, 15) is 0 Å². The van der Waals surface area contributed by atoms with Gasteiger partial charge in [-0.15, -0.1) is 0 Å². The maximum absolute atomic E-state index is 6.59. The summed E-state index contributed by atoms with van der Waals surface area (Å²) in [5.41, 5.74) is 0. The predicted molar refractivity (Wildman–Crippen MR) is 280 cm³/mol. The zero-order valence-corrected chi connectivity index (χ0v) is 44.6. The molecule has 0 aromatic rings. The van der Waals surface area contributed by atoms with E-state index in [4.69, 9.17) is 33.2 Å². The molecule has 0 saturated heterocycles. The highest BCUT2D eigenvalue weighted by molar-refractivity contribution is 4.90. The molecule has 388 valence electrons. The van der Waals surface area contributed by atoms with Gasteiger partial charge in [-0.1, -0.05) is 233 Å². The highest BCUT2D eigenvalue weighted by Gasteiger charge is 2.15. The predicted octanol–water partition coefficient (Wildman–Crippen LogP) is 18.5. The number of rotatable bonds is 56. The Morgan fingerprint density at radius 2 is 0.477 bits per heavy atom. The molecule has 2 atom stereocenters. The third-order valence-electron chi connectivity index (χ3n) is 12.3. The smallest absolute Gasteiger partial charge is 0.180 e. The lowest BCUT2D eigenvalue weighted by atomic mass is 10.1. The Hall–Kier alpha value is -0.800. The molecule has 0 saturated carbocycles. The monoisotopic (exact) mass is 923 g/mol. The van der Waals surface area contributed by atoms with Crippen molar-refractivity contribution in [1.29, 1.82) is 0 Å². The van der Waals surface area contributed by atoms with E-state index in [1.54, 1.807) is 0 Å². The Bertz CT molecular complexity index is 816. The molecule has 0 spiro atoms. The fraction of sp³-hybridized carbons (Fsp3) is 0.931. The van der Waals surface area contributed by atoms with Crippen molar-refractivity contribution in [2.75, 3.05) is 39.6 Å². The van der Waals surface area contributed by atoms with E-state index >= 15 is 0 Å². The summed E-state index contributed by atoms with van der Waals surface area (Å²) in [4.78, 5) is 0. The van der Waals surface area contributed by atoms with Gasteiger partial charge < -0.3 is 33.2 Å². The molecule has 0 radical (unpaired) electrons. The van der Waals surface area contributed by atoms with Crippen LogP contribution < -0.4 is 0 Å². The van der Waals surface area contributed by atoms with Crippen molar-refractivity contribution in [3.8, 4) is 0 Å². The number of hydrogen-bond donors (Lipinski definition) is 0. The van der Waals surface area contributed by atoms with Crippen molar-refractivity contribution in [3.05, 3.63) is 24.3 Å². The second kappa shape index (κ2) is 55.8. The summed E-state index contributed by atoms with van der Waals surface area (Å²) in [6.07, 6.45) is 53.1. The minimum Gasteiger partial charge on any atom is -0.353 e. The molecule has 0 aromatic carbocycles. The van der Waals surface area contributed by atoms with Gasteiger partial charge in [0.05, 0.1) is 13.2 Å². The van der Waals surface area contributed by atoms with Crippen molar-refractivity contribution in [2.24, 2.45) is 0 Å². The maximum atomic E-state index is 6.59. The second-order valence-electron chi connectivity index (χ2n) is 18.9. The third-order valence-corrected chi connectivity index (χ3v) is 12.3. The quantitative estimate of drug-likeness (QED) is 0.0342. The van der Waals surface area contributed by atoms with E-state index < -0.39 is 12.6 Å². The normalized spacial score (nSPS) is 13.2. The Morgan fingerprint density at radius 3 is 0.754 bits per heavy atom. The van der Waals surface area contributed by atoms with E-state index in [-0.39, 0.29) is 12.6 Å². The molecule has 0 fully saturated rings. The van der Waals surface area contributed by atoms with Gasteiger partial charge in [0.1, 0.15) is 0 Å². The fourth-order valence-electron chi connectivity index (χ4n) is 7.92. The van der Waals surface area contributed by atoms with Crippen molar-refractivity contribution in [1.82, 2.24) is 0 Å². The molecule has 0 aliphatic carbocycles. The first kappa shape index (κ1) is 64.2. The van der Waals surface area contributed by atoms with Crippen LogP contribution in [-0.2, 0) is 33.2 Å². The average molecular weight is 924 g/mol. The molecule has 0 heterocycles. The van der Waals surface area contributed by atoms with Gasteiger partial charge in [0.15, 0.2) is 25.2 Å². The zero-order chi connectivity index (χ0) is 47.2. The first-order valence-electron chi connectivity index (χ1n) is 28.8. The van der Waals surface area contributed by atoms with Gasteiger partial charge in [0.25, 0.3) is 0 Å². The van der Waals surface area contributed by atoms with E-state index in [2.05, 4.69) is 65.8 Å². The second-order valence-corrected chi connectivity index (χ2v) is 18.9. The molecular weight excluding hydrogens is 809 g/mol. The zero-order valence-electron chi connectivity index (χ0n) is 44.6. The van der Waals surface area contributed by atoms with Crippen LogP contribution in [0, 0.1) is 0 Å². The lowest BCUT2D eigenvalue weighted by Gasteiger charge is -2.22. The van der Waals surface area contributed by atoms with Crippen molar-refractivity contribution < 1.29 is 33.2 Å². The van der Waals surface area contributed by atoms with Crippen molar-refractivity contribution in [3.63, 3.8) is 0 Å². The Morgan fingerprint density at radius 1 is 0.262 bits per heavy atom. The van der Waals surface area contributed by atoms with E-state index in [1.807, 2.05) is 0 Å². The van der Waals surface area contributed by atoms with Crippen LogP contribution >= 0.6 is 0 Å². The summed E-state index contributed by atoms with van der Waals surface area (Å²) < 4.78 is 44.8. The summed E-state index contributed by atoms with van der Waals surface area (Å²) in [7, 11) is 0. The molecule has 0 aliphatic heterocycles. The molecule has 0 amide bonds. The van der Waals surface area contributed by atoms with Crippen LogP contribution in [0.15, 0.2) is 24.3 Å². The molecule has 0 aliphatic rings. The van der Waals surface area contributed by atoms with Crippen molar-refractivity contribution >= 4 is 0 Å². The molecule has 2 unspecified atom stereocenters. The van der Waals surface area contributed by atoms with Gasteiger partial charge in [-0.25, -0.2) is 0 Å². The van der Waals surface area contributed by atoms with E-state index in [0.717, 1.165) is 116 Å². The van der Waals surface area contributed by atoms with Gasteiger partial charge >= 0.3 is 0 Å². The fourth-order valence-corrected chi connectivity index (χ4v) is 7.92. The van der Waals surface area contributed by atoms with Crippen LogP contribution in [0.3, 0.4) is 0 Å². The topological polar surface area (TPSA) is 64.6 Å². The average Bonchev–Trinajstić information content (AvgIpc) is 3.31. The molecule has 0 aromatic heterocycles. The van der Waals surface area contributed by atoms with E-state index in [0.29, 0.717) is 13.2 Å². The Labute approximate surface area is 406 Å². The molecule has 0 rings (SSSR count). The van der Waals surface area contributed by atoms with Crippen LogP contribution in [0.4, 0.5) is 0 Å². The summed E-state index contributed by atoms with van der Waals surface area (Å²) in [6, 6.07) is 0. The summed E-state index contributed by atoms with van der Waals surface area (Å²) >= 11 is 0. The highest BCUT2D eigenvalue weighted by atomic mass is 16.8. The molecule has 0 bridgehead atoms. The largest absolute Gasteiger partial charge is 0.353 e. The number of unbranched alkanes of at least 4 members (excludes halogenated alkanes) is 28. The summed E-state index contributed by atoms with van der Waals surface area (Å²) in [5.74, 6) is 0. The van der Waals surface area contributed by atoms with Gasteiger partial charge in [0, 0.05) is 39.3 Å². The van der Waals surface area contributed by atoms with Crippen LogP contribution in [-0.4, -0.2) is 64.8 Å². The first-order chi connectivity index (χ1) is 32.1. The molecule has 7 heteroatoms. The Balaban J connectivity index is 5.51. The number of ether oxygens (including phenoxy) is 7. The van der Waals surface area contributed by atoms with Gasteiger partial charge in [-0.2, -0.15) is 0 Å². The summed E-state index contributed by atoms with van der Waals surface area (Å²) in [5, 5.41) is 0. The van der Waals surface area contributed by atoms with Crippen LogP contribution in [0.2, 0.25) is 0 Å². The lowest BCUT2D eigenvalue weighted by molar-refractivity contribution is -0.208. The molecule has 65 heavy (non-hydrogen) atoms. The first-order valence-corrected chi connectivity index (χ1v) is 28.8. The van der Waals surface area contributed by atoms with Crippen LogP contribution in [0.25, 0.3) is 0 Å². The van der Waals surface area contributed by atoms with Gasteiger partial charge in [0.2, 0.25) is 0 Å². The van der Waals surface area contributed by atoms with Crippen molar-refractivity contribution in [2.45, 2.75) is 311 Å². The van der Waals surface area contributed by atoms with Crippen LogP contribution in [0.5, 0.6) is 0 Å². The number of allylic oxidation sites excluding steroid dienone is 2. The standard InChI is InChI=1S/C58H114O7/c1-7-13-19-23-27-31-41-51-59-55(60-52-42-32-28-24-20-14-8-2)45-35-37-47-57(63-49-39-17-11-5)65-58(64-50-40-18-12-6)48-38-36-46-56(61-53-43-33-29-25-21-15-9-3)62-54-44-34-30-26-22-16-10-4/h37-38,47-48,55-58H,7-36,39-46,49-54H2,1-6H3. The lowest BCUT2D eigenvalue weighted by Crippen LogP contribution is -2.25. The molecular formula is C58H114O7. The minimum absolute atomic E-state index is 0.176. The minimum atomic E-state index is -0.489. The number of hydrogen-bond acceptors (Lipinski definition) is 7. The summed E-state index contributed by atoms with van der Waals surface area (Å²) in [6.45, 7) is 18.0. The highest BCUT2D eigenvalue weighted by Crippen LogP contribution is 2.17. The van der Waals surface area contributed by atoms with Crippen LogP contribution in [0.1, 0.15) is 286 Å². The third kappa shape index (κ3) is 49.4. The van der Waals surface area contributed by atoms with Gasteiger partial charge in [-0.05, 0) is 63.5 Å². The Kier molecular flexibility index (Phi) is 55.1. The maximum Gasteiger partial charge on any atom is 0.180 e. The van der Waals surface area contributed by atoms with Gasteiger partial charge in [-0.3, -0.25) is 0 Å². The molecule has 0 N–H and O–H groups in total. The van der Waals surface area contributed by atoms with E-state index in [1.165, 1.54) is 154 Å².